The standard InChI is InChI=1S/C20H17Cl2N3O5/c1-20(12-6-7-14(21)15(22)9-12)18(28)25(19(29)24-20)10-16(26)23-13-5-3-4-11(8-13)17(27)30-2/h3-9H,10H2,1-2H3,(H,23,26)(H,24,29). The Morgan fingerprint density at radius 1 is 1.13 bits per heavy atom. The van der Waals surface area contributed by atoms with Crippen LogP contribution in [0.4, 0.5) is 10.5 Å². The molecule has 2 N–H and O–H groups in total. The van der Waals surface area contributed by atoms with E-state index in [9.17, 15) is 19.2 Å². The number of rotatable bonds is 5. The third-order valence-electron chi connectivity index (χ3n) is 4.64. The van der Waals surface area contributed by atoms with Gasteiger partial charge < -0.3 is 15.4 Å². The number of ether oxygens (including phenoxy) is 1. The minimum atomic E-state index is -1.39. The highest BCUT2D eigenvalue weighted by molar-refractivity contribution is 6.42. The molecule has 1 heterocycles. The van der Waals surface area contributed by atoms with E-state index in [1.165, 1.54) is 38.3 Å². The van der Waals surface area contributed by atoms with E-state index in [1.54, 1.807) is 18.2 Å². The van der Waals surface area contributed by atoms with Crippen LogP contribution in [0.15, 0.2) is 42.5 Å². The van der Waals surface area contributed by atoms with Crippen molar-refractivity contribution in [3.63, 3.8) is 0 Å². The number of esters is 1. The number of carbonyl (C=O) groups excluding carboxylic acids is 4. The highest BCUT2D eigenvalue weighted by Crippen LogP contribution is 2.33. The summed E-state index contributed by atoms with van der Waals surface area (Å²) in [6, 6.07) is 9.96. The van der Waals surface area contributed by atoms with Gasteiger partial charge in [0.2, 0.25) is 5.91 Å². The first-order valence-corrected chi connectivity index (χ1v) is 9.49. The molecule has 1 aliphatic heterocycles. The molecule has 0 aliphatic carbocycles. The van der Waals surface area contributed by atoms with Crippen LogP contribution in [-0.2, 0) is 19.9 Å². The van der Waals surface area contributed by atoms with E-state index in [4.69, 9.17) is 23.2 Å². The Kier molecular flexibility index (Phi) is 6.00. The third kappa shape index (κ3) is 4.10. The minimum absolute atomic E-state index is 0.235. The number of carbonyl (C=O) groups is 4. The Hall–Kier alpha value is -3.10. The molecular formula is C20H17Cl2N3O5. The van der Waals surface area contributed by atoms with E-state index in [1.807, 2.05) is 0 Å². The first-order valence-electron chi connectivity index (χ1n) is 8.73. The lowest BCUT2D eigenvalue weighted by atomic mass is 9.92. The lowest BCUT2D eigenvalue weighted by Crippen LogP contribution is -2.42. The van der Waals surface area contributed by atoms with Gasteiger partial charge in [-0.1, -0.05) is 35.3 Å². The molecule has 0 bridgehead atoms. The highest BCUT2D eigenvalue weighted by atomic mass is 35.5. The Morgan fingerprint density at radius 2 is 1.87 bits per heavy atom. The molecule has 1 fully saturated rings. The van der Waals surface area contributed by atoms with Crippen molar-refractivity contribution in [3.8, 4) is 0 Å². The maximum atomic E-state index is 12.9. The van der Waals surface area contributed by atoms with Crippen LogP contribution in [0.1, 0.15) is 22.8 Å². The lowest BCUT2D eigenvalue weighted by Gasteiger charge is -2.22. The van der Waals surface area contributed by atoms with E-state index >= 15 is 0 Å². The number of imide groups is 1. The number of halogens is 2. The van der Waals surface area contributed by atoms with Gasteiger partial charge in [-0.3, -0.25) is 14.5 Å². The van der Waals surface area contributed by atoms with Crippen LogP contribution in [0.2, 0.25) is 10.0 Å². The molecule has 3 rings (SSSR count). The number of amides is 4. The molecule has 1 saturated heterocycles. The van der Waals surface area contributed by atoms with Crippen molar-refractivity contribution in [2.45, 2.75) is 12.5 Å². The molecule has 156 valence electrons. The van der Waals surface area contributed by atoms with Crippen LogP contribution in [0.5, 0.6) is 0 Å². The minimum Gasteiger partial charge on any atom is -0.465 e. The second-order valence-electron chi connectivity index (χ2n) is 6.70. The van der Waals surface area contributed by atoms with Gasteiger partial charge in [-0.15, -0.1) is 0 Å². The van der Waals surface area contributed by atoms with Gasteiger partial charge in [0.05, 0.1) is 22.7 Å². The third-order valence-corrected chi connectivity index (χ3v) is 5.38. The first-order chi connectivity index (χ1) is 14.2. The molecular weight excluding hydrogens is 433 g/mol. The molecule has 30 heavy (non-hydrogen) atoms. The fraction of sp³-hybridized carbons (Fsp3) is 0.200. The number of urea groups is 1. The smallest absolute Gasteiger partial charge is 0.337 e. The summed E-state index contributed by atoms with van der Waals surface area (Å²) < 4.78 is 4.64. The molecule has 1 unspecified atom stereocenters. The van der Waals surface area contributed by atoms with E-state index in [0.717, 1.165) is 4.90 Å². The highest BCUT2D eigenvalue weighted by Gasteiger charge is 2.49. The number of methoxy groups -OCH3 is 1. The van der Waals surface area contributed by atoms with Gasteiger partial charge in [0.1, 0.15) is 12.1 Å². The fourth-order valence-corrected chi connectivity index (χ4v) is 3.33. The predicted molar refractivity (Wildman–Crippen MR) is 110 cm³/mol. The van der Waals surface area contributed by atoms with E-state index in [2.05, 4.69) is 15.4 Å². The number of nitrogens with one attached hydrogen (secondary N) is 2. The average Bonchev–Trinajstić information content (AvgIpc) is 2.93. The Labute approximate surface area is 182 Å². The second-order valence-corrected chi connectivity index (χ2v) is 7.51. The number of hydrogen-bond donors (Lipinski definition) is 2. The maximum absolute atomic E-state index is 12.9. The molecule has 1 aliphatic rings. The van der Waals surface area contributed by atoms with Gasteiger partial charge in [0.25, 0.3) is 5.91 Å². The predicted octanol–water partition coefficient (Wildman–Crippen LogP) is 3.19. The molecule has 4 amide bonds. The van der Waals surface area contributed by atoms with E-state index < -0.39 is 35.9 Å². The van der Waals surface area contributed by atoms with Crippen LogP contribution in [0, 0.1) is 0 Å². The van der Waals surface area contributed by atoms with Crippen molar-refractivity contribution in [2.75, 3.05) is 19.0 Å². The van der Waals surface area contributed by atoms with Crippen molar-refractivity contribution >= 4 is 52.7 Å². The van der Waals surface area contributed by atoms with Crippen LogP contribution >= 0.6 is 23.2 Å². The number of benzene rings is 2. The zero-order chi connectivity index (χ0) is 22.1. The summed E-state index contributed by atoms with van der Waals surface area (Å²) in [5.41, 5.74) is -0.389. The molecule has 1 atom stereocenters. The topological polar surface area (TPSA) is 105 Å². The van der Waals surface area contributed by atoms with Crippen molar-refractivity contribution in [3.05, 3.63) is 63.6 Å². The summed E-state index contributed by atoms with van der Waals surface area (Å²) in [4.78, 5) is 50.2. The summed E-state index contributed by atoms with van der Waals surface area (Å²) >= 11 is 11.9. The van der Waals surface area contributed by atoms with Crippen molar-refractivity contribution < 1.29 is 23.9 Å². The van der Waals surface area contributed by atoms with Crippen LogP contribution in [0.25, 0.3) is 0 Å². The SMILES string of the molecule is COC(=O)c1cccc(NC(=O)CN2C(=O)NC(C)(c3ccc(Cl)c(Cl)c3)C2=O)c1. The van der Waals surface area contributed by atoms with Crippen LogP contribution < -0.4 is 10.6 Å². The van der Waals surface area contributed by atoms with Gasteiger partial charge in [-0.2, -0.15) is 0 Å². The number of anilines is 1. The summed E-state index contributed by atoms with van der Waals surface area (Å²) in [5, 5.41) is 5.69. The second kappa shape index (κ2) is 8.33. The van der Waals surface area contributed by atoms with Crippen molar-refractivity contribution in [1.29, 1.82) is 0 Å². The zero-order valence-corrected chi connectivity index (χ0v) is 17.5. The van der Waals surface area contributed by atoms with Crippen molar-refractivity contribution in [2.24, 2.45) is 0 Å². The van der Waals surface area contributed by atoms with Crippen LogP contribution in [0.3, 0.4) is 0 Å². The Bertz CT molecular complexity index is 1060. The van der Waals surface area contributed by atoms with Gasteiger partial charge >= 0.3 is 12.0 Å². The molecule has 0 aromatic heterocycles. The first kappa shape index (κ1) is 21.6. The Balaban J connectivity index is 1.75. The fourth-order valence-electron chi connectivity index (χ4n) is 3.03. The van der Waals surface area contributed by atoms with Crippen molar-refractivity contribution in [1.82, 2.24) is 10.2 Å². The summed E-state index contributed by atoms with van der Waals surface area (Å²) in [6.07, 6.45) is 0. The quantitative estimate of drug-likeness (QED) is 0.538. The zero-order valence-electron chi connectivity index (χ0n) is 16.0. The van der Waals surface area contributed by atoms with Gasteiger partial charge in [-0.05, 0) is 42.8 Å². The normalized spacial score (nSPS) is 18.2. The van der Waals surface area contributed by atoms with Crippen LogP contribution in [-0.4, -0.2) is 42.4 Å². The number of hydrogen-bond acceptors (Lipinski definition) is 5. The Morgan fingerprint density at radius 3 is 2.53 bits per heavy atom. The molecule has 0 spiro atoms. The molecule has 2 aromatic carbocycles. The molecule has 2 aromatic rings. The molecule has 0 saturated carbocycles. The maximum Gasteiger partial charge on any atom is 0.337 e. The molecule has 10 heteroatoms. The van der Waals surface area contributed by atoms with Gasteiger partial charge in [-0.25, -0.2) is 9.59 Å². The lowest BCUT2D eigenvalue weighted by molar-refractivity contribution is -0.133. The number of nitrogens with zero attached hydrogens (tertiary/aromatic N) is 1. The van der Waals surface area contributed by atoms with E-state index in [0.29, 0.717) is 16.3 Å². The summed E-state index contributed by atoms with van der Waals surface area (Å²) in [7, 11) is 1.25. The van der Waals surface area contributed by atoms with Gasteiger partial charge in [0.15, 0.2) is 0 Å². The van der Waals surface area contributed by atoms with Gasteiger partial charge in [0, 0.05) is 5.69 Å². The summed E-state index contributed by atoms with van der Waals surface area (Å²) in [5.74, 6) is -1.78. The molecule has 0 radical (unpaired) electrons. The molecule has 8 nitrogen and oxygen atoms in total. The monoisotopic (exact) mass is 449 g/mol. The average molecular weight is 450 g/mol. The summed E-state index contributed by atoms with van der Waals surface area (Å²) in [6.45, 7) is 1.01. The van der Waals surface area contributed by atoms with E-state index in [-0.39, 0.29) is 10.6 Å². The largest absolute Gasteiger partial charge is 0.465 e.